The number of ether oxygens (including phenoxy) is 1. The Morgan fingerprint density at radius 3 is 2.61 bits per heavy atom. The Labute approximate surface area is 298 Å². The van der Waals surface area contributed by atoms with Crippen LogP contribution in [0.2, 0.25) is 0 Å². The van der Waals surface area contributed by atoms with Crippen molar-refractivity contribution in [2.45, 2.75) is 26.2 Å². The molecule has 3 aromatic heterocycles. The Balaban J connectivity index is 0.929. The Morgan fingerprint density at radius 2 is 1.80 bits per heavy atom. The van der Waals surface area contributed by atoms with Gasteiger partial charge < -0.3 is 24.8 Å². The number of imidazole rings is 1. The number of aromatic nitrogens is 3. The number of amides is 2. The number of anilines is 3. The van der Waals surface area contributed by atoms with Crippen LogP contribution < -0.4 is 15.1 Å². The van der Waals surface area contributed by atoms with Crippen LogP contribution in [0.5, 0.6) is 0 Å². The predicted octanol–water partition coefficient (Wildman–Crippen LogP) is 7.87. The SMILES string of the molecule is Cc1cnc(N2CC3(CCOCC3)C2)c(C(=O)Nc2ccc(C(=O)N3CCc4cc(-c5nc6cccc(F)c6[nH]5)sc4-c4ccccc43)cc2)c1. The fourth-order valence-corrected chi connectivity index (χ4v) is 8.79. The van der Waals surface area contributed by atoms with Gasteiger partial charge in [-0.2, -0.15) is 0 Å². The topological polar surface area (TPSA) is 103 Å². The lowest BCUT2D eigenvalue weighted by atomic mass is 9.73. The van der Waals surface area contributed by atoms with E-state index in [2.05, 4.69) is 31.2 Å². The number of fused-ring (bicyclic) bond motifs is 4. The summed E-state index contributed by atoms with van der Waals surface area (Å²) in [5.41, 5.74) is 6.73. The molecule has 3 aliphatic rings. The zero-order chi connectivity index (χ0) is 34.7. The molecule has 9 nitrogen and oxygen atoms in total. The molecule has 0 saturated carbocycles. The monoisotopic (exact) mass is 698 g/mol. The minimum absolute atomic E-state index is 0.117. The molecule has 51 heavy (non-hydrogen) atoms. The standard InChI is InChI=1S/C40H35FN6O3S/c1-24-19-29(37(42-21-24)46-22-40(23-46)14-17-50-18-15-40)38(48)43-27-11-9-25(10-12-27)39(49)47-16-13-26-20-33(51-35(26)28-5-2-3-8-32(28)47)36-44-31-7-4-6-30(41)34(31)45-36/h2-12,19-21H,13-18,22-23H2,1H3,(H,43,48)(H,44,45). The van der Waals surface area contributed by atoms with Crippen LogP contribution in [-0.4, -0.2) is 59.6 Å². The lowest BCUT2D eigenvalue weighted by Crippen LogP contribution is -2.59. The second-order valence-electron chi connectivity index (χ2n) is 13.8. The maximum atomic E-state index is 14.4. The smallest absolute Gasteiger partial charge is 0.259 e. The van der Waals surface area contributed by atoms with Crippen molar-refractivity contribution >= 4 is 51.4 Å². The minimum Gasteiger partial charge on any atom is -0.381 e. The molecule has 6 heterocycles. The van der Waals surface area contributed by atoms with Gasteiger partial charge in [0.15, 0.2) is 0 Å². The third-order valence-electron chi connectivity index (χ3n) is 10.3. The molecule has 6 aromatic rings. The van der Waals surface area contributed by atoms with Gasteiger partial charge in [-0.15, -0.1) is 11.3 Å². The van der Waals surface area contributed by atoms with Crippen LogP contribution in [0.15, 0.2) is 85.1 Å². The fraction of sp³-hybridized carbons (Fsp3) is 0.250. The maximum absolute atomic E-state index is 14.4. The second kappa shape index (κ2) is 12.4. The molecule has 0 radical (unpaired) electrons. The molecule has 0 aliphatic carbocycles. The van der Waals surface area contributed by atoms with E-state index < -0.39 is 0 Å². The van der Waals surface area contributed by atoms with Gasteiger partial charge in [0, 0.05) is 66.2 Å². The first-order valence-corrected chi connectivity index (χ1v) is 18.1. The van der Waals surface area contributed by atoms with Gasteiger partial charge in [0.25, 0.3) is 11.8 Å². The number of H-pyrrole nitrogens is 1. The highest BCUT2D eigenvalue weighted by Gasteiger charge is 2.45. The average molecular weight is 699 g/mol. The number of nitrogens with zero attached hydrogens (tertiary/aromatic N) is 4. The van der Waals surface area contributed by atoms with Crippen molar-refractivity contribution in [1.29, 1.82) is 0 Å². The van der Waals surface area contributed by atoms with Crippen LogP contribution in [0.1, 0.15) is 44.7 Å². The van der Waals surface area contributed by atoms with Gasteiger partial charge >= 0.3 is 0 Å². The van der Waals surface area contributed by atoms with Crippen LogP contribution >= 0.6 is 11.3 Å². The molecular weight excluding hydrogens is 664 g/mol. The van der Waals surface area contributed by atoms with Crippen molar-refractivity contribution in [2.24, 2.45) is 5.41 Å². The molecule has 2 fully saturated rings. The number of nitrogens with one attached hydrogen (secondary N) is 2. The van der Waals surface area contributed by atoms with Crippen LogP contribution in [-0.2, 0) is 11.2 Å². The Morgan fingerprint density at radius 1 is 1.00 bits per heavy atom. The second-order valence-corrected chi connectivity index (χ2v) is 14.8. The third kappa shape index (κ3) is 5.66. The van der Waals surface area contributed by atoms with Gasteiger partial charge in [-0.3, -0.25) is 9.59 Å². The zero-order valence-electron chi connectivity index (χ0n) is 28.0. The molecule has 3 aromatic carbocycles. The number of hydrogen-bond acceptors (Lipinski definition) is 7. The van der Waals surface area contributed by atoms with Crippen molar-refractivity contribution < 1.29 is 18.7 Å². The number of aryl methyl sites for hydroxylation is 1. The summed E-state index contributed by atoms with van der Waals surface area (Å²) in [6.07, 6.45) is 4.53. The molecule has 9 rings (SSSR count). The lowest BCUT2D eigenvalue weighted by Gasteiger charge is -2.53. The molecule has 2 saturated heterocycles. The van der Waals surface area contributed by atoms with Crippen molar-refractivity contribution in [1.82, 2.24) is 15.0 Å². The van der Waals surface area contributed by atoms with E-state index in [9.17, 15) is 14.0 Å². The van der Waals surface area contributed by atoms with E-state index in [-0.39, 0.29) is 23.0 Å². The highest BCUT2D eigenvalue weighted by molar-refractivity contribution is 7.19. The van der Waals surface area contributed by atoms with Crippen LogP contribution in [0.25, 0.3) is 32.2 Å². The van der Waals surface area contributed by atoms with Gasteiger partial charge in [0.05, 0.1) is 21.6 Å². The number of para-hydroxylation sites is 2. The first-order chi connectivity index (χ1) is 24.8. The van der Waals surface area contributed by atoms with Crippen molar-refractivity contribution in [3.05, 3.63) is 113 Å². The van der Waals surface area contributed by atoms with E-state index >= 15 is 0 Å². The number of halogens is 1. The number of benzene rings is 3. The van der Waals surface area contributed by atoms with Crippen molar-refractivity contribution in [3.8, 4) is 21.1 Å². The molecule has 11 heteroatoms. The summed E-state index contributed by atoms with van der Waals surface area (Å²) in [7, 11) is 0. The molecule has 2 amide bonds. The molecule has 0 atom stereocenters. The van der Waals surface area contributed by atoms with E-state index in [1.807, 2.05) is 48.4 Å². The first-order valence-electron chi connectivity index (χ1n) is 17.2. The molecule has 256 valence electrons. The van der Waals surface area contributed by atoms with Crippen LogP contribution in [0.4, 0.5) is 21.6 Å². The number of carbonyl (C=O) groups is 2. The number of rotatable bonds is 5. The molecule has 0 unspecified atom stereocenters. The molecule has 1 spiro atoms. The number of aromatic amines is 1. The summed E-state index contributed by atoms with van der Waals surface area (Å²) in [5, 5.41) is 3.03. The van der Waals surface area contributed by atoms with E-state index in [1.165, 1.54) is 6.07 Å². The van der Waals surface area contributed by atoms with Crippen molar-refractivity contribution in [3.63, 3.8) is 0 Å². The molecule has 0 bridgehead atoms. The van der Waals surface area contributed by atoms with Gasteiger partial charge in [-0.25, -0.2) is 14.4 Å². The van der Waals surface area contributed by atoms with Gasteiger partial charge in [-0.05, 0) is 91.9 Å². The summed E-state index contributed by atoms with van der Waals surface area (Å²) >= 11 is 1.59. The van der Waals surface area contributed by atoms with Crippen LogP contribution in [0, 0.1) is 18.2 Å². The highest BCUT2D eigenvalue weighted by atomic mass is 32.1. The number of hydrogen-bond donors (Lipinski definition) is 2. The third-order valence-corrected chi connectivity index (χ3v) is 11.6. The Bertz CT molecular complexity index is 2320. The molecule has 2 N–H and O–H groups in total. The van der Waals surface area contributed by atoms with E-state index in [0.29, 0.717) is 52.5 Å². The normalized spacial score (nSPS) is 16.4. The van der Waals surface area contributed by atoms with Crippen molar-refractivity contribution in [2.75, 3.05) is 48.0 Å². The predicted molar refractivity (Wildman–Crippen MR) is 198 cm³/mol. The Kier molecular flexibility index (Phi) is 7.70. The minimum atomic E-state index is -0.331. The number of carbonyl (C=O) groups excluding carboxylic acids is 2. The summed E-state index contributed by atoms with van der Waals surface area (Å²) < 4.78 is 20.0. The number of thiophene rings is 1. The van der Waals surface area contributed by atoms with Gasteiger partial charge in [-0.1, -0.05) is 24.3 Å². The number of pyridine rings is 1. The van der Waals surface area contributed by atoms with Gasteiger partial charge in [0.1, 0.15) is 23.0 Å². The van der Waals surface area contributed by atoms with E-state index in [0.717, 1.165) is 71.3 Å². The largest absolute Gasteiger partial charge is 0.381 e. The summed E-state index contributed by atoms with van der Waals surface area (Å²) in [6.45, 7) is 5.75. The van der Waals surface area contributed by atoms with Crippen LogP contribution in [0.3, 0.4) is 0 Å². The van der Waals surface area contributed by atoms with E-state index in [1.54, 1.807) is 47.7 Å². The maximum Gasteiger partial charge on any atom is 0.259 e. The zero-order valence-corrected chi connectivity index (χ0v) is 28.9. The average Bonchev–Trinajstić information content (AvgIpc) is 3.74. The quantitative estimate of drug-likeness (QED) is 0.190. The first kappa shape index (κ1) is 31.6. The molecular formula is C40H35FN6O3S. The summed E-state index contributed by atoms with van der Waals surface area (Å²) in [5.74, 6) is 0.655. The summed E-state index contributed by atoms with van der Waals surface area (Å²) in [4.78, 5) is 46.1. The van der Waals surface area contributed by atoms with Gasteiger partial charge in [0.2, 0.25) is 0 Å². The Hall–Kier alpha value is -5.39. The summed E-state index contributed by atoms with van der Waals surface area (Å²) in [6, 6.07) is 23.9. The molecule has 3 aliphatic heterocycles. The lowest BCUT2D eigenvalue weighted by molar-refractivity contribution is -0.000510. The highest BCUT2D eigenvalue weighted by Crippen LogP contribution is 2.45. The van der Waals surface area contributed by atoms with E-state index in [4.69, 9.17) is 4.74 Å². The fourth-order valence-electron chi connectivity index (χ4n) is 7.60.